The number of rotatable bonds is 6. The van der Waals surface area contributed by atoms with Crippen molar-refractivity contribution in [2.24, 2.45) is 5.92 Å². The summed E-state index contributed by atoms with van der Waals surface area (Å²) >= 11 is 1.28. The zero-order valence-corrected chi connectivity index (χ0v) is 27.3. The third-order valence-corrected chi connectivity index (χ3v) is 8.64. The molecule has 3 N–H and O–H groups in total. The molecule has 5 rings (SSSR count). The maximum atomic E-state index is 13.5. The second kappa shape index (κ2) is 15.5. The van der Waals surface area contributed by atoms with Gasteiger partial charge in [-0.05, 0) is 35.3 Å². The van der Waals surface area contributed by atoms with Crippen LogP contribution >= 0.6 is 11.3 Å². The minimum absolute atomic E-state index is 0.0523. The van der Waals surface area contributed by atoms with Crippen LogP contribution in [0.3, 0.4) is 0 Å². The number of fused-ring (bicyclic) bond motifs is 4. The summed E-state index contributed by atoms with van der Waals surface area (Å²) in [5.41, 5.74) is 1.28. The molecule has 15 nitrogen and oxygen atoms in total. The van der Waals surface area contributed by atoms with Crippen LogP contribution in [0.15, 0.2) is 46.5 Å². The summed E-state index contributed by atoms with van der Waals surface area (Å²) in [7, 11) is 0. The number of nitrogens with one attached hydrogen (secondary N) is 3. The summed E-state index contributed by atoms with van der Waals surface area (Å²) in [6, 6.07) is 8.48. The molecule has 3 aromatic heterocycles. The first-order chi connectivity index (χ1) is 22.7. The van der Waals surface area contributed by atoms with Gasteiger partial charge in [-0.25, -0.2) is 14.6 Å². The summed E-state index contributed by atoms with van der Waals surface area (Å²) < 4.78 is 7.46. The zero-order valence-electron chi connectivity index (χ0n) is 26.5. The number of oxazole rings is 1. The molecule has 1 aliphatic rings. The number of nitrogens with zero attached hydrogens (tertiary/aromatic N) is 7. The third kappa shape index (κ3) is 8.84. The number of aryl methyl sites for hydroxylation is 2. The molecule has 1 aromatic carbocycles. The molecule has 4 heterocycles. The molecule has 0 saturated carbocycles. The Bertz CT molecular complexity index is 1670. The molecule has 0 fully saturated rings. The fourth-order valence-electron chi connectivity index (χ4n) is 5.19. The molecule has 0 saturated heterocycles. The Balaban J connectivity index is 1.41. The Morgan fingerprint density at radius 3 is 2.64 bits per heavy atom. The summed E-state index contributed by atoms with van der Waals surface area (Å²) in [6.07, 6.45) is 2.47. The van der Waals surface area contributed by atoms with Gasteiger partial charge in [0.25, 0.3) is 11.8 Å². The number of aromatic nitrogens is 6. The lowest BCUT2D eigenvalue weighted by Gasteiger charge is -2.23. The molecular weight excluding hydrogens is 624 g/mol. The van der Waals surface area contributed by atoms with Crippen LogP contribution in [0, 0.1) is 12.8 Å². The number of tetrazole rings is 1. The first-order valence-electron chi connectivity index (χ1n) is 15.5. The predicted molar refractivity (Wildman–Crippen MR) is 170 cm³/mol. The number of thiazole rings is 1. The van der Waals surface area contributed by atoms with Crippen LogP contribution < -0.4 is 16.0 Å². The molecule has 0 unspecified atom stereocenters. The Morgan fingerprint density at radius 1 is 1.09 bits per heavy atom. The highest BCUT2D eigenvalue weighted by Gasteiger charge is 2.29. The van der Waals surface area contributed by atoms with E-state index < -0.39 is 23.9 Å². The molecule has 0 spiro atoms. The summed E-state index contributed by atoms with van der Waals surface area (Å²) in [5.74, 6) is -0.771. The number of carbonyl (C=O) groups is 4. The van der Waals surface area contributed by atoms with Gasteiger partial charge < -0.3 is 25.3 Å². The average Bonchev–Trinajstić information content (AvgIpc) is 3.83. The number of amides is 4. The van der Waals surface area contributed by atoms with E-state index in [2.05, 4.69) is 41.4 Å². The van der Waals surface area contributed by atoms with Gasteiger partial charge in [0.15, 0.2) is 5.69 Å². The average molecular weight is 663 g/mol. The van der Waals surface area contributed by atoms with Gasteiger partial charge in [0, 0.05) is 44.3 Å². The maximum Gasteiger partial charge on any atom is 0.274 e. The lowest BCUT2D eigenvalue weighted by atomic mass is 10.0. The number of hydrogen-bond donors (Lipinski definition) is 3. The Hall–Kier alpha value is -4.99. The summed E-state index contributed by atoms with van der Waals surface area (Å²) in [6.45, 7) is 6.55. The highest BCUT2D eigenvalue weighted by atomic mass is 32.1. The lowest BCUT2D eigenvalue weighted by Crippen LogP contribution is -2.40. The van der Waals surface area contributed by atoms with E-state index in [1.54, 1.807) is 17.2 Å². The first kappa shape index (κ1) is 33.4. The highest BCUT2D eigenvalue weighted by Crippen LogP contribution is 2.27. The second-order valence-electron chi connectivity index (χ2n) is 11.6. The number of hydrogen-bond acceptors (Lipinski definition) is 11. The molecule has 0 aliphatic carbocycles. The van der Waals surface area contributed by atoms with Crippen molar-refractivity contribution in [2.45, 2.75) is 65.1 Å². The van der Waals surface area contributed by atoms with Crippen molar-refractivity contribution < 1.29 is 23.6 Å². The van der Waals surface area contributed by atoms with E-state index in [0.29, 0.717) is 36.7 Å². The molecule has 16 heteroatoms. The fraction of sp³-hybridized carbons (Fsp3) is 0.452. The lowest BCUT2D eigenvalue weighted by molar-refractivity contribution is -0.132. The van der Waals surface area contributed by atoms with E-state index in [4.69, 9.17) is 4.42 Å². The molecule has 248 valence electrons. The molecular formula is C31H38N10O5S. The topological polar surface area (TPSA) is 190 Å². The minimum atomic E-state index is -0.637. The Kier molecular flexibility index (Phi) is 11.0. The van der Waals surface area contributed by atoms with Gasteiger partial charge in [0.1, 0.15) is 28.8 Å². The van der Waals surface area contributed by atoms with E-state index in [0.717, 1.165) is 5.56 Å². The van der Waals surface area contributed by atoms with Crippen LogP contribution in [0.5, 0.6) is 0 Å². The van der Waals surface area contributed by atoms with Crippen molar-refractivity contribution in [1.29, 1.82) is 0 Å². The quantitative estimate of drug-likeness (QED) is 0.276. The van der Waals surface area contributed by atoms with Gasteiger partial charge in [0.05, 0.1) is 12.6 Å². The predicted octanol–water partition coefficient (Wildman–Crippen LogP) is 2.40. The van der Waals surface area contributed by atoms with Gasteiger partial charge in [-0.15, -0.1) is 16.4 Å². The maximum absolute atomic E-state index is 13.5. The van der Waals surface area contributed by atoms with Crippen LogP contribution in [0.25, 0.3) is 0 Å². The van der Waals surface area contributed by atoms with E-state index in [1.807, 2.05) is 44.2 Å². The Labute approximate surface area is 275 Å². The van der Waals surface area contributed by atoms with Crippen molar-refractivity contribution in [3.05, 3.63) is 75.6 Å². The van der Waals surface area contributed by atoms with Crippen molar-refractivity contribution in [2.75, 3.05) is 19.6 Å². The smallest absolute Gasteiger partial charge is 0.274 e. The second-order valence-corrected chi connectivity index (χ2v) is 12.5. The van der Waals surface area contributed by atoms with E-state index >= 15 is 0 Å². The van der Waals surface area contributed by atoms with Crippen molar-refractivity contribution >= 4 is 35.0 Å². The van der Waals surface area contributed by atoms with Gasteiger partial charge >= 0.3 is 0 Å². The minimum Gasteiger partial charge on any atom is -0.443 e. The van der Waals surface area contributed by atoms with E-state index in [-0.39, 0.29) is 60.9 Å². The van der Waals surface area contributed by atoms with Crippen molar-refractivity contribution in [1.82, 2.24) is 51.0 Å². The fourth-order valence-corrected chi connectivity index (χ4v) is 6.21. The Morgan fingerprint density at radius 2 is 1.89 bits per heavy atom. The first-order valence-corrected chi connectivity index (χ1v) is 16.4. The van der Waals surface area contributed by atoms with Crippen LogP contribution in [0.4, 0.5) is 0 Å². The largest absolute Gasteiger partial charge is 0.443 e. The van der Waals surface area contributed by atoms with Crippen LogP contribution in [-0.4, -0.2) is 78.3 Å². The van der Waals surface area contributed by atoms with Gasteiger partial charge in [-0.2, -0.15) is 0 Å². The SMILES string of the molecule is Cc1oc2nc1C(=O)N[C@@H](C(C)C)c1nc(cs1)C(=O)NCCN(C(=O)CCn1cnnn1)CCCC(=O)N[C@H]2Cc1ccccc1. The zero-order chi connectivity index (χ0) is 33.3. The summed E-state index contributed by atoms with van der Waals surface area (Å²) in [5, 5.41) is 22.1. The molecule has 0 radical (unpaired) electrons. The molecule has 47 heavy (non-hydrogen) atoms. The standard InChI is InChI=1S/C31H38N10O5S/c1-19(2)26-31-35-23(17-47-31)28(44)32-12-15-40(25(43)11-14-41-18-33-38-39-41)13-7-10-24(42)34-22(16-21-8-5-4-6-9-21)30-37-27(20(3)46-30)29(45)36-26/h4-6,8-9,17-19,22,26H,7,10-16H2,1-3H3,(H,32,44)(H,34,42)(H,36,45)/t22-,26-/m0/s1. The van der Waals surface area contributed by atoms with Gasteiger partial charge in [-0.1, -0.05) is 44.2 Å². The van der Waals surface area contributed by atoms with Crippen LogP contribution in [-0.2, 0) is 22.6 Å². The van der Waals surface area contributed by atoms with Crippen LogP contribution in [0.1, 0.15) is 88.4 Å². The number of benzene rings is 1. The highest BCUT2D eigenvalue weighted by molar-refractivity contribution is 7.09. The third-order valence-electron chi connectivity index (χ3n) is 7.72. The molecule has 1 aliphatic heterocycles. The monoisotopic (exact) mass is 662 g/mol. The molecule has 4 bridgehead atoms. The molecule has 4 amide bonds. The van der Waals surface area contributed by atoms with Crippen molar-refractivity contribution in [3.8, 4) is 0 Å². The van der Waals surface area contributed by atoms with Crippen LogP contribution in [0.2, 0.25) is 0 Å². The molecule has 4 aromatic rings. The van der Waals surface area contributed by atoms with E-state index in [1.165, 1.54) is 22.3 Å². The van der Waals surface area contributed by atoms with E-state index in [9.17, 15) is 19.2 Å². The summed E-state index contributed by atoms with van der Waals surface area (Å²) in [4.78, 5) is 63.7. The molecule has 2 atom stereocenters. The normalized spacial score (nSPS) is 18.4. The number of carbonyl (C=O) groups excluding carboxylic acids is 4. The van der Waals surface area contributed by atoms with Gasteiger partial charge in [-0.3, -0.25) is 19.2 Å². The van der Waals surface area contributed by atoms with Crippen molar-refractivity contribution in [3.63, 3.8) is 0 Å². The van der Waals surface area contributed by atoms with Gasteiger partial charge in [0.2, 0.25) is 17.7 Å².